The van der Waals surface area contributed by atoms with E-state index < -0.39 is 5.92 Å². The highest BCUT2D eigenvalue weighted by molar-refractivity contribution is 7.17. The van der Waals surface area contributed by atoms with Gasteiger partial charge in [-0.1, -0.05) is 0 Å². The maximum absolute atomic E-state index is 12.9. The first-order chi connectivity index (χ1) is 14.4. The number of nitrogens with one attached hydrogen (secondary N) is 1. The van der Waals surface area contributed by atoms with Crippen molar-refractivity contribution < 1.29 is 23.9 Å². The van der Waals surface area contributed by atoms with E-state index in [0.717, 1.165) is 24.8 Å². The number of benzene rings is 1. The lowest BCUT2D eigenvalue weighted by Gasteiger charge is -2.20. The fraction of sp³-hybridized carbons (Fsp3) is 0.409. The summed E-state index contributed by atoms with van der Waals surface area (Å²) in [4.78, 5) is 40.5. The van der Waals surface area contributed by atoms with Crippen LogP contribution in [0.3, 0.4) is 0 Å². The highest BCUT2D eigenvalue weighted by Gasteiger charge is 2.37. The van der Waals surface area contributed by atoms with Crippen LogP contribution >= 0.6 is 11.3 Å². The fourth-order valence-electron chi connectivity index (χ4n) is 4.20. The van der Waals surface area contributed by atoms with Gasteiger partial charge in [0.1, 0.15) is 16.5 Å². The highest BCUT2D eigenvalue weighted by atomic mass is 32.1. The minimum absolute atomic E-state index is 0.0307. The Bertz CT molecular complexity index is 1030. The van der Waals surface area contributed by atoms with Crippen molar-refractivity contribution in [3.63, 3.8) is 0 Å². The topological polar surface area (TPSA) is 84.9 Å². The zero-order chi connectivity index (χ0) is 21.4. The number of aryl methyl sites for hydroxylation is 1. The number of rotatable bonds is 6. The number of carbonyl (C=O) groups excluding carboxylic acids is 3. The Labute approximate surface area is 179 Å². The van der Waals surface area contributed by atoms with E-state index in [-0.39, 0.29) is 30.6 Å². The molecular formula is C22H24N2O5S. The van der Waals surface area contributed by atoms with Gasteiger partial charge in [-0.3, -0.25) is 14.4 Å². The summed E-state index contributed by atoms with van der Waals surface area (Å²) >= 11 is 1.49. The number of nitrogens with zero attached hydrogens (tertiary/aromatic N) is 1. The molecule has 158 valence electrons. The normalized spacial score (nSPS) is 17.8. The molecule has 7 nitrogen and oxygen atoms in total. The van der Waals surface area contributed by atoms with Crippen molar-refractivity contribution in [3.8, 4) is 11.5 Å². The number of anilines is 2. The summed E-state index contributed by atoms with van der Waals surface area (Å²) < 4.78 is 10.6. The first-order valence-corrected chi connectivity index (χ1v) is 10.7. The molecule has 1 aromatic carbocycles. The quantitative estimate of drug-likeness (QED) is 0.713. The number of methoxy groups -OCH3 is 2. The number of hydrogen-bond donors (Lipinski definition) is 1. The van der Waals surface area contributed by atoms with Crippen LogP contribution in [0.15, 0.2) is 18.2 Å². The molecule has 1 N–H and O–H groups in total. The van der Waals surface area contributed by atoms with Gasteiger partial charge in [-0.25, -0.2) is 0 Å². The van der Waals surface area contributed by atoms with Crippen molar-refractivity contribution in [3.05, 3.63) is 34.2 Å². The van der Waals surface area contributed by atoms with Crippen LogP contribution in [0.1, 0.15) is 40.6 Å². The zero-order valence-electron chi connectivity index (χ0n) is 17.2. The average Bonchev–Trinajstić information content (AvgIpc) is 3.41. The molecule has 1 aliphatic carbocycles. The average molecular weight is 429 g/mol. The van der Waals surface area contributed by atoms with Crippen molar-refractivity contribution in [1.29, 1.82) is 0 Å². The number of Topliss-reactive ketones (excluding diaryl/α,β-unsaturated/α-hetero) is 1. The maximum Gasteiger partial charge on any atom is 0.230 e. The van der Waals surface area contributed by atoms with Gasteiger partial charge in [-0.15, -0.1) is 11.3 Å². The second kappa shape index (κ2) is 8.10. The molecule has 2 aromatic rings. The van der Waals surface area contributed by atoms with Crippen LogP contribution in [0, 0.1) is 5.92 Å². The molecule has 30 heavy (non-hydrogen) atoms. The van der Waals surface area contributed by atoms with E-state index in [9.17, 15) is 14.4 Å². The molecule has 1 aromatic heterocycles. The molecule has 1 atom stereocenters. The third-order valence-corrected chi connectivity index (χ3v) is 6.89. The summed E-state index contributed by atoms with van der Waals surface area (Å²) in [6, 6.07) is 5.22. The number of thiophene rings is 1. The molecule has 8 heteroatoms. The van der Waals surface area contributed by atoms with Crippen molar-refractivity contribution in [2.24, 2.45) is 5.92 Å². The third kappa shape index (κ3) is 3.56. The van der Waals surface area contributed by atoms with Crippen molar-refractivity contribution in [1.82, 2.24) is 0 Å². The van der Waals surface area contributed by atoms with Crippen molar-refractivity contribution in [2.45, 2.75) is 32.6 Å². The fourth-order valence-corrected chi connectivity index (χ4v) is 5.54. The van der Waals surface area contributed by atoms with Crippen LogP contribution in [0.2, 0.25) is 0 Å². The Morgan fingerprint density at radius 2 is 2.00 bits per heavy atom. The Morgan fingerprint density at radius 3 is 2.70 bits per heavy atom. The SMILES string of the molecule is COc1ccc(N2CC(C(=O)Nc3sc4c(c3C(C)=O)CCC4)CC2=O)c(OC)c1. The predicted molar refractivity (Wildman–Crippen MR) is 115 cm³/mol. The summed E-state index contributed by atoms with van der Waals surface area (Å²) in [6.07, 6.45) is 2.99. The summed E-state index contributed by atoms with van der Waals surface area (Å²) in [5.74, 6) is 0.231. The number of ether oxygens (including phenoxy) is 2. The predicted octanol–water partition coefficient (Wildman–Crippen LogP) is 3.45. The monoisotopic (exact) mass is 428 g/mol. The van der Waals surface area contributed by atoms with Gasteiger partial charge in [-0.05, 0) is 43.9 Å². The van der Waals surface area contributed by atoms with E-state index in [4.69, 9.17) is 9.47 Å². The van der Waals surface area contributed by atoms with Gasteiger partial charge in [0.25, 0.3) is 0 Å². The molecule has 2 aliphatic rings. The van der Waals surface area contributed by atoms with Gasteiger partial charge >= 0.3 is 0 Å². The van der Waals surface area contributed by atoms with E-state index in [2.05, 4.69) is 5.32 Å². The van der Waals surface area contributed by atoms with Crippen LogP contribution in [0.5, 0.6) is 11.5 Å². The van der Waals surface area contributed by atoms with Gasteiger partial charge < -0.3 is 19.7 Å². The number of carbonyl (C=O) groups is 3. The van der Waals surface area contributed by atoms with Gasteiger partial charge in [0.15, 0.2) is 5.78 Å². The van der Waals surface area contributed by atoms with Crippen LogP contribution in [-0.2, 0) is 22.4 Å². The molecule has 2 amide bonds. The third-order valence-electron chi connectivity index (χ3n) is 5.68. The van der Waals surface area contributed by atoms with Gasteiger partial charge in [-0.2, -0.15) is 0 Å². The first kappa shape index (κ1) is 20.4. The van der Waals surface area contributed by atoms with Crippen LogP contribution in [-0.4, -0.2) is 38.4 Å². The van der Waals surface area contributed by atoms with E-state index in [1.807, 2.05) is 0 Å². The summed E-state index contributed by atoms with van der Waals surface area (Å²) in [7, 11) is 3.09. The van der Waals surface area contributed by atoms with E-state index in [0.29, 0.717) is 27.8 Å². The Kier molecular flexibility index (Phi) is 5.51. The van der Waals surface area contributed by atoms with Gasteiger partial charge in [0.2, 0.25) is 11.8 Å². The van der Waals surface area contributed by atoms with Crippen molar-refractivity contribution >= 4 is 39.6 Å². The molecule has 0 bridgehead atoms. The zero-order valence-corrected chi connectivity index (χ0v) is 18.1. The highest BCUT2D eigenvalue weighted by Crippen LogP contribution is 2.40. The van der Waals surface area contributed by atoms with Crippen LogP contribution < -0.4 is 19.7 Å². The molecule has 0 radical (unpaired) electrons. The molecule has 4 rings (SSSR count). The number of hydrogen-bond acceptors (Lipinski definition) is 6. The molecule has 0 saturated carbocycles. The lowest BCUT2D eigenvalue weighted by molar-refractivity contribution is -0.122. The second-order valence-corrected chi connectivity index (χ2v) is 8.66. The summed E-state index contributed by atoms with van der Waals surface area (Å²) in [5.41, 5.74) is 2.33. The molecular weight excluding hydrogens is 404 g/mol. The first-order valence-electron chi connectivity index (χ1n) is 9.91. The second-order valence-electron chi connectivity index (χ2n) is 7.55. The van der Waals surface area contributed by atoms with E-state index >= 15 is 0 Å². The molecule has 0 spiro atoms. The van der Waals surface area contributed by atoms with Crippen molar-refractivity contribution in [2.75, 3.05) is 31.0 Å². The smallest absolute Gasteiger partial charge is 0.230 e. The largest absolute Gasteiger partial charge is 0.497 e. The van der Waals surface area contributed by atoms with E-state index in [1.54, 1.807) is 30.2 Å². The lowest BCUT2D eigenvalue weighted by atomic mass is 10.1. The minimum Gasteiger partial charge on any atom is -0.497 e. The Morgan fingerprint density at radius 1 is 1.20 bits per heavy atom. The Balaban J connectivity index is 1.53. The maximum atomic E-state index is 12.9. The van der Waals surface area contributed by atoms with Crippen LogP contribution in [0.25, 0.3) is 0 Å². The number of fused-ring (bicyclic) bond motifs is 1. The minimum atomic E-state index is -0.499. The standard InChI is InChI=1S/C22H24N2O5S/c1-12(25)20-15-5-4-6-18(15)30-22(20)23-21(27)13-9-19(26)24(11-13)16-8-7-14(28-2)10-17(16)29-3/h7-8,10,13H,4-6,9,11H2,1-3H3,(H,23,27). The van der Waals surface area contributed by atoms with Gasteiger partial charge in [0, 0.05) is 23.9 Å². The number of ketones is 1. The molecule has 1 unspecified atom stereocenters. The molecule has 2 heterocycles. The molecule has 1 saturated heterocycles. The summed E-state index contributed by atoms with van der Waals surface area (Å²) in [5, 5.41) is 3.55. The van der Waals surface area contributed by atoms with Crippen LogP contribution in [0.4, 0.5) is 10.7 Å². The molecule has 1 fully saturated rings. The van der Waals surface area contributed by atoms with Gasteiger partial charge in [0.05, 0.1) is 31.4 Å². The Hall–Kier alpha value is -2.87. The summed E-state index contributed by atoms with van der Waals surface area (Å²) in [6.45, 7) is 1.79. The molecule has 1 aliphatic heterocycles. The number of amides is 2. The lowest BCUT2D eigenvalue weighted by Crippen LogP contribution is -2.28. The van der Waals surface area contributed by atoms with E-state index in [1.165, 1.54) is 30.2 Å².